The van der Waals surface area contributed by atoms with Gasteiger partial charge in [0.2, 0.25) is 5.91 Å². The number of piperidine rings is 1. The van der Waals surface area contributed by atoms with E-state index in [0.717, 1.165) is 5.56 Å². The van der Waals surface area contributed by atoms with Gasteiger partial charge in [0.25, 0.3) is 0 Å². The van der Waals surface area contributed by atoms with Crippen LogP contribution in [0.25, 0.3) is 0 Å². The Morgan fingerprint density at radius 1 is 1.44 bits per heavy atom. The predicted octanol–water partition coefficient (Wildman–Crippen LogP) is 2.31. The number of carbonyl (C=O) groups is 2. The van der Waals surface area contributed by atoms with Gasteiger partial charge in [-0.1, -0.05) is 29.8 Å². The van der Waals surface area contributed by atoms with Crippen LogP contribution in [0, 0.1) is 0 Å². The molecule has 4 nitrogen and oxygen atoms in total. The molecule has 0 aliphatic carbocycles. The van der Waals surface area contributed by atoms with Gasteiger partial charge in [0.1, 0.15) is 6.04 Å². The van der Waals surface area contributed by atoms with Gasteiger partial charge in [-0.05, 0) is 24.5 Å². The smallest absolute Gasteiger partial charge is 0.326 e. The van der Waals surface area contributed by atoms with E-state index in [2.05, 4.69) is 0 Å². The number of halogens is 1. The van der Waals surface area contributed by atoms with E-state index in [0.29, 0.717) is 24.3 Å². The molecule has 1 aromatic carbocycles. The predicted molar refractivity (Wildman–Crippen MR) is 67.3 cm³/mol. The maximum atomic E-state index is 11.8. The Hall–Kier alpha value is -1.55. The number of aliphatic carboxylic acids is 1. The van der Waals surface area contributed by atoms with Crippen molar-refractivity contribution in [1.29, 1.82) is 0 Å². The lowest BCUT2D eigenvalue weighted by Crippen LogP contribution is -2.47. The third-order valence-corrected chi connectivity index (χ3v) is 3.52. The summed E-state index contributed by atoms with van der Waals surface area (Å²) < 4.78 is 0. The van der Waals surface area contributed by atoms with Crippen molar-refractivity contribution < 1.29 is 14.7 Å². The second kappa shape index (κ2) is 5.40. The molecule has 0 spiro atoms. The number of nitrogens with zero attached hydrogens (tertiary/aromatic N) is 1. The minimum Gasteiger partial charge on any atom is -0.480 e. The molecular weight excluding hydrogens is 254 g/mol. The Kier molecular flexibility index (Phi) is 3.87. The fourth-order valence-corrected chi connectivity index (χ4v) is 2.38. The molecule has 0 aromatic heterocycles. The number of amides is 1. The van der Waals surface area contributed by atoms with Gasteiger partial charge in [0, 0.05) is 18.0 Å². The number of rotatable bonds is 3. The molecule has 2 rings (SSSR count). The summed E-state index contributed by atoms with van der Waals surface area (Å²) in [5, 5.41) is 9.70. The fourth-order valence-electron chi connectivity index (χ4n) is 2.19. The Morgan fingerprint density at radius 2 is 2.17 bits per heavy atom. The molecular formula is C13H14ClNO3. The van der Waals surface area contributed by atoms with Gasteiger partial charge in [0.05, 0.1) is 0 Å². The highest BCUT2D eigenvalue weighted by atomic mass is 35.5. The molecule has 1 saturated heterocycles. The summed E-state index contributed by atoms with van der Waals surface area (Å²) >= 11 is 6.03. The second-order valence-electron chi connectivity index (χ2n) is 4.36. The third-order valence-electron chi connectivity index (χ3n) is 3.15. The van der Waals surface area contributed by atoms with Gasteiger partial charge >= 0.3 is 5.97 Å². The first kappa shape index (κ1) is 12.9. The van der Waals surface area contributed by atoms with Gasteiger partial charge in [-0.25, -0.2) is 4.79 Å². The van der Waals surface area contributed by atoms with Gasteiger partial charge in [0.15, 0.2) is 0 Å². The number of likely N-dealkylation sites (tertiary alicyclic amines) is 1. The van der Waals surface area contributed by atoms with Crippen molar-refractivity contribution in [1.82, 2.24) is 4.90 Å². The topological polar surface area (TPSA) is 57.6 Å². The molecule has 1 aromatic rings. The van der Waals surface area contributed by atoms with Gasteiger partial charge in [-0.2, -0.15) is 0 Å². The standard InChI is InChI=1S/C13H14ClNO3/c14-10-5-2-1-4-9(10)8-15-11(13(17)18)6-3-7-12(15)16/h1-2,4-5,11H,3,6-8H2,(H,17,18)/t11-/m1/s1. The van der Waals surface area contributed by atoms with Crippen molar-refractivity contribution >= 4 is 23.5 Å². The van der Waals surface area contributed by atoms with Gasteiger partial charge in [-0.15, -0.1) is 0 Å². The Morgan fingerprint density at radius 3 is 2.83 bits per heavy atom. The molecule has 1 N–H and O–H groups in total. The number of benzene rings is 1. The molecule has 1 aliphatic heterocycles. The lowest BCUT2D eigenvalue weighted by Gasteiger charge is -2.33. The molecule has 0 bridgehead atoms. The first-order valence-electron chi connectivity index (χ1n) is 5.85. The minimum atomic E-state index is -0.949. The van der Waals surface area contributed by atoms with E-state index in [4.69, 9.17) is 16.7 Å². The Labute approximate surface area is 110 Å². The van der Waals surface area contributed by atoms with Crippen molar-refractivity contribution in [2.45, 2.75) is 31.8 Å². The van der Waals surface area contributed by atoms with E-state index < -0.39 is 12.0 Å². The first-order chi connectivity index (χ1) is 8.59. The van der Waals surface area contributed by atoms with Gasteiger partial charge < -0.3 is 10.0 Å². The van der Waals surface area contributed by atoms with Crippen LogP contribution in [0.4, 0.5) is 0 Å². The normalized spacial score (nSPS) is 19.9. The van der Waals surface area contributed by atoms with Crippen LogP contribution in [-0.2, 0) is 16.1 Å². The van der Waals surface area contributed by atoms with E-state index in [1.54, 1.807) is 12.1 Å². The molecule has 1 aliphatic rings. The van der Waals surface area contributed by atoms with Crippen LogP contribution in [0.1, 0.15) is 24.8 Å². The van der Waals surface area contributed by atoms with Crippen LogP contribution < -0.4 is 0 Å². The van der Waals surface area contributed by atoms with Crippen LogP contribution in [0.5, 0.6) is 0 Å². The SMILES string of the molecule is O=C(O)[C@H]1CCCC(=O)N1Cc1ccccc1Cl. The summed E-state index contributed by atoms with van der Waals surface area (Å²) in [5.41, 5.74) is 0.778. The molecule has 18 heavy (non-hydrogen) atoms. The molecule has 1 amide bonds. The largest absolute Gasteiger partial charge is 0.480 e. The van der Waals surface area contributed by atoms with Crippen LogP contribution in [-0.4, -0.2) is 27.9 Å². The highest BCUT2D eigenvalue weighted by molar-refractivity contribution is 6.31. The summed E-state index contributed by atoms with van der Waals surface area (Å²) in [5.74, 6) is -1.07. The average molecular weight is 268 g/mol. The van der Waals surface area contributed by atoms with E-state index in [-0.39, 0.29) is 12.5 Å². The molecule has 1 heterocycles. The lowest BCUT2D eigenvalue weighted by molar-refractivity contribution is -0.153. The Balaban J connectivity index is 2.21. The van der Waals surface area contributed by atoms with Crippen LogP contribution >= 0.6 is 11.6 Å². The van der Waals surface area contributed by atoms with Crippen molar-refractivity contribution in [2.75, 3.05) is 0 Å². The number of carboxylic acids is 1. The summed E-state index contributed by atoms with van der Waals surface area (Å²) in [6.07, 6.45) is 1.55. The molecule has 0 unspecified atom stereocenters. The molecule has 5 heteroatoms. The van der Waals surface area contributed by atoms with E-state index >= 15 is 0 Å². The first-order valence-corrected chi connectivity index (χ1v) is 6.23. The zero-order valence-corrected chi connectivity index (χ0v) is 10.6. The summed E-state index contributed by atoms with van der Waals surface area (Å²) in [7, 11) is 0. The summed E-state index contributed by atoms with van der Waals surface area (Å²) in [6.45, 7) is 0.259. The van der Waals surface area contributed by atoms with Crippen LogP contribution in [0.2, 0.25) is 5.02 Å². The van der Waals surface area contributed by atoms with Crippen molar-refractivity contribution in [3.8, 4) is 0 Å². The van der Waals surface area contributed by atoms with E-state index in [1.165, 1.54) is 4.90 Å². The summed E-state index contributed by atoms with van der Waals surface area (Å²) in [6, 6.07) is 6.44. The van der Waals surface area contributed by atoms with Crippen LogP contribution in [0.15, 0.2) is 24.3 Å². The Bertz CT molecular complexity index is 475. The van der Waals surface area contributed by atoms with E-state index in [9.17, 15) is 9.59 Å². The molecule has 1 atom stereocenters. The number of hydrogen-bond acceptors (Lipinski definition) is 2. The maximum absolute atomic E-state index is 11.8. The molecule has 0 saturated carbocycles. The van der Waals surface area contributed by atoms with E-state index in [1.807, 2.05) is 12.1 Å². The number of hydrogen-bond donors (Lipinski definition) is 1. The third kappa shape index (κ3) is 2.64. The zero-order chi connectivity index (χ0) is 13.1. The van der Waals surface area contributed by atoms with Gasteiger partial charge in [-0.3, -0.25) is 4.79 Å². The van der Waals surface area contributed by atoms with Crippen molar-refractivity contribution in [3.05, 3.63) is 34.9 Å². The summed E-state index contributed by atoms with van der Waals surface area (Å²) in [4.78, 5) is 24.4. The van der Waals surface area contributed by atoms with Crippen LogP contribution in [0.3, 0.4) is 0 Å². The maximum Gasteiger partial charge on any atom is 0.326 e. The highest BCUT2D eigenvalue weighted by Gasteiger charge is 2.33. The second-order valence-corrected chi connectivity index (χ2v) is 4.77. The van der Waals surface area contributed by atoms with Crippen molar-refractivity contribution in [3.63, 3.8) is 0 Å². The highest BCUT2D eigenvalue weighted by Crippen LogP contribution is 2.24. The zero-order valence-electron chi connectivity index (χ0n) is 9.80. The van der Waals surface area contributed by atoms with Crippen molar-refractivity contribution in [2.24, 2.45) is 0 Å². The number of carboxylic acid groups (broad SMARTS) is 1. The monoisotopic (exact) mass is 267 g/mol. The molecule has 96 valence electrons. The molecule has 0 radical (unpaired) electrons. The lowest BCUT2D eigenvalue weighted by atomic mass is 10.0. The average Bonchev–Trinajstić information content (AvgIpc) is 2.34. The molecule has 1 fully saturated rings. The fraction of sp³-hybridized carbons (Fsp3) is 0.385. The minimum absolute atomic E-state index is 0.117. The number of carbonyl (C=O) groups excluding carboxylic acids is 1. The quantitative estimate of drug-likeness (QED) is 0.914.